The lowest BCUT2D eigenvalue weighted by Crippen LogP contribution is -2.07. The molecule has 0 bridgehead atoms. The molecule has 0 radical (unpaired) electrons. The molecule has 1 unspecified atom stereocenters. The van der Waals surface area contributed by atoms with Crippen LogP contribution in [0.25, 0.3) is 0 Å². The second kappa shape index (κ2) is 5.69. The van der Waals surface area contributed by atoms with Crippen molar-refractivity contribution >= 4 is 22.9 Å². The summed E-state index contributed by atoms with van der Waals surface area (Å²) in [4.78, 5) is 4.87. The molecule has 96 valence electrons. The quantitative estimate of drug-likeness (QED) is 0.931. The van der Waals surface area contributed by atoms with Crippen LogP contribution in [0.5, 0.6) is 5.75 Å². The maximum atomic E-state index is 10.2. The number of nitrogens with zero attached hydrogens (tertiary/aromatic N) is 1. The van der Waals surface area contributed by atoms with Crippen molar-refractivity contribution in [3.05, 3.63) is 45.4 Å². The van der Waals surface area contributed by atoms with Gasteiger partial charge in [0, 0.05) is 22.0 Å². The average Bonchev–Trinajstić information content (AvgIpc) is 2.74. The Labute approximate surface area is 115 Å². The third-order valence-electron chi connectivity index (χ3n) is 2.28. The Bertz CT molecular complexity index is 527. The van der Waals surface area contributed by atoms with Gasteiger partial charge in [0.05, 0.1) is 17.3 Å². The smallest absolute Gasteiger partial charge is 0.138 e. The fourth-order valence-electron chi connectivity index (χ4n) is 1.56. The van der Waals surface area contributed by atoms with Gasteiger partial charge in [-0.3, -0.25) is 4.98 Å². The molecule has 2 aromatic rings. The Morgan fingerprint density at radius 3 is 2.72 bits per heavy atom. The molecule has 1 atom stereocenters. The van der Waals surface area contributed by atoms with E-state index in [0.717, 1.165) is 4.88 Å². The molecule has 0 amide bonds. The molecule has 0 saturated heterocycles. The van der Waals surface area contributed by atoms with Gasteiger partial charge in [-0.25, -0.2) is 0 Å². The first kappa shape index (κ1) is 13.3. The van der Waals surface area contributed by atoms with Gasteiger partial charge >= 0.3 is 0 Å². The predicted octanol–water partition coefficient (Wildman–Crippen LogP) is 3.67. The molecule has 0 aliphatic heterocycles. The Kier molecular flexibility index (Phi) is 4.22. The average molecular weight is 284 g/mol. The van der Waals surface area contributed by atoms with Crippen LogP contribution in [-0.2, 0) is 0 Å². The highest BCUT2D eigenvalue weighted by molar-refractivity contribution is 7.10. The molecule has 2 rings (SSSR count). The highest BCUT2D eigenvalue weighted by Crippen LogP contribution is 2.30. The molecule has 5 heteroatoms. The van der Waals surface area contributed by atoms with Crippen molar-refractivity contribution in [1.29, 1.82) is 0 Å². The van der Waals surface area contributed by atoms with E-state index in [4.69, 9.17) is 16.3 Å². The zero-order valence-corrected chi connectivity index (χ0v) is 11.7. The summed E-state index contributed by atoms with van der Waals surface area (Å²) in [7, 11) is 0. The van der Waals surface area contributed by atoms with Crippen molar-refractivity contribution in [1.82, 2.24) is 4.98 Å². The number of ether oxygens (including phenoxy) is 1. The number of aliphatic hydroxyl groups is 1. The summed E-state index contributed by atoms with van der Waals surface area (Å²) in [5.41, 5.74) is 0.701. The molecule has 0 aliphatic rings. The lowest BCUT2D eigenvalue weighted by molar-refractivity contribution is 0.219. The topological polar surface area (TPSA) is 42.4 Å². The maximum absolute atomic E-state index is 10.2. The van der Waals surface area contributed by atoms with Crippen molar-refractivity contribution in [2.45, 2.75) is 26.1 Å². The fraction of sp³-hybridized carbons (Fsp3) is 0.308. The second-order valence-corrected chi connectivity index (χ2v) is 5.57. The first-order valence-electron chi connectivity index (χ1n) is 5.60. The largest absolute Gasteiger partial charge is 0.489 e. The standard InChI is InChI=1S/C13H14ClNO2S/c1-8(2)17-11-3-9(5-15-6-11)13(16)12-4-10(14)7-18-12/h3-8,13,16H,1-2H3. The molecule has 0 spiro atoms. The van der Waals surface area contributed by atoms with Crippen LogP contribution in [0.2, 0.25) is 5.02 Å². The van der Waals surface area contributed by atoms with Crippen LogP contribution in [0.15, 0.2) is 29.9 Å². The third-order valence-corrected chi connectivity index (χ3v) is 3.61. The van der Waals surface area contributed by atoms with E-state index in [9.17, 15) is 5.11 Å². The van der Waals surface area contributed by atoms with Crippen molar-refractivity contribution < 1.29 is 9.84 Å². The Morgan fingerprint density at radius 1 is 1.33 bits per heavy atom. The first-order chi connectivity index (χ1) is 8.56. The van der Waals surface area contributed by atoms with Gasteiger partial charge in [0.2, 0.25) is 0 Å². The normalized spacial score (nSPS) is 12.7. The van der Waals surface area contributed by atoms with E-state index in [1.807, 2.05) is 13.8 Å². The van der Waals surface area contributed by atoms with E-state index in [-0.39, 0.29) is 6.10 Å². The van der Waals surface area contributed by atoms with Crippen LogP contribution >= 0.6 is 22.9 Å². The minimum Gasteiger partial charge on any atom is -0.489 e. The molecule has 2 heterocycles. The van der Waals surface area contributed by atoms with E-state index >= 15 is 0 Å². The Morgan fingerprint density at radius 2 is 2.11 bits per heavy atom. The lowest BCUT2D eigenvalue weighted by atomic mass is 10.1. The number of thiophene rings is 1. The lowest BCUT2D eigenvalue weighted by Gasteiger charge is -2.12. The van der Waals surface area contributed by atoms with Crippen molar-refractivity contribution in [3.63, 3.8) is 0 Å². The van der Waals surface area contributed by atoms with E-state index in [1.54, 1.807) is 29.9 Å². The molecule has 2 aromatic heterocycles. The number of pyridine rings is 1. The number of halogens is 1. The summed E-state index contributed by atoms with van der Waals surface area (Å²) in [5, 5.41) is 12.6. The van der Waals surface area contributed by atoms with Crippen LogP contribution in [0.4, 0.5) is 0 Å². The van der Waals surface area contributed by atoms with Gasteiger partial charge in [0.25, 0.3) is 0 Å². The number of aromatic nitrogens is 1. The summed E-state index contributed by atoms with van der Waals surface area (Å²) in [6, 6.07) is 3.55. The summed E-state index contributed by atoms with van der Waals surface area (Å²) >= 11 is 7.27. The van der Waals surface area contributed by atoms with E-state index in [1.165, 1.54) is 11.3 Å². The van der Waals surface area contributed by atoms with Gasteiger partial charge < -0.3 is 9.84 Å². The second-order valence-electron chi connectivity index (χ2n) is 4.19. The van der Waals surface area contributed by atoms with E-state index < -0.39 is 6.10 Å². The highest BCUT2D eigenvalue weighted by atomic mass is 35.5. The molecular formula is C13H14ClNO2S. The van der Waals surface area contributed by atoms with E-state index in [2.05, 4.69) is 4.98 Å². The molecule has 18 heavy (non-hydrogen) atoms. The molecule has 0 saturated carbocycles. The number of hydrogen-bond donors (Lipinski definition) is 1. The molecule has 1 N–H and O–H groups in total. The van der Waals surface area contributed by atoms with Gasteiger partial charge in [-0.15, -0.1) is 11.3 Å². The Balaban J connectivity index is 2.22. The van der Waals surface area contributed by atoms with Gasteiger partial charge in [-0.1, -0.05) is 11.6 Å². The molecule has 0 aromatic carbocycles. The zero-order valence-electron chi connectivity index (χ0n) is 10.1. The van der Waals surface area contributed by atoms with Crippen LogP contribution in [0.1, 0.15) is 30.4 Å². The molecule has 0 fully saturated rings. The minimum absolute atomic E-state index is 0.0791. The number of hydrogen-bond acceptors (Lipinski definition) is 4. The van der Waals surface area contributed by atoms with Crippen LogP contribution < -0.4 is 4.74 Å². The van der Waals surface area contributed by atoms with Gasteiger partial charge in [0.1, 0.15) is 11.9 Å². The maximum Gasteiger partial charge on any atom is 0.138 e. The first-order valence-corrected chi connectivity index (χ1v) is 6.85. The minimum atomic E-state index is -0.717. The van der Waals surface area contributed by atoms with Crippen LogP contribution in [-0.4, -0.2) is 16.2 Å². The van der Waals surface area contributed by atoms with Crippen LogP contribution in [0, 0.1) is 0 Å². The summed E-state index contributed by atoms with van der Waals surface area (Å²) in [5.74, 6) is 0.657. The van der Waals surface area contributed by atoms with Crippen molar-refractivity contribution in [2.75, 3.05) is 0 Å². The predicted molar refractivity (Wildman–Crippen MR) is 73.4 cm³/mol. The summed E-state index contributed by atoms with van der Waals surface area (Å²) in [6.45, 7) is 3.89. The zero-order chi connectivity index (χ0) is 13.1. The van der Waals surface area contributed by atoms with Gasteiger partial charge in [-0.2, -0.15) is 0 Å². The molecule has 0 aliphatic carbocycles. The SMILES string of the molecule is CC(C)Oc1cncc(C(O)c2cc(Cl)cs2)c1. The van der Waals surface area contributed by atoms with Crippen molar-refractivity contribution in [2.24, 2.45) is 0 Å². The Hall–Kier alpha value is -1.10. The summed E-state index contributed by atoms with van der Waals surface area (Å²) in [6.07, 6.45) is 2.63. The van der Waals surface area contributed by atoms with Gasteiger partial charge in [-0.05, 0) is 26.0 Å². The highest BCUT2D eigenvalue weighted by Gasteiger charge is 2.14. The molecular weight excluding hydrogens is 270 g/mol. The van der Waals surface area contributed by atoms with Gasteiger partial charge in [0.15, 0.2) is 0 Å². The molecule has 3 nitrogen and oxygen atoms in total. The monoisotopic (exact) mass is 283 g/mol. The number of rotatable bonds is 4. The number of aliphatic hydroxyl groups excluding tert-OH is 1. The van der Waals surface area contributed by atoms with Crippen molar-refractivity contribution in [3.8, 4) is 5.75 Å². The third kappa shape index (κ3) is 3.22. The summed E-state index contributed by atoms with van der Waals surface area (Å²) < 4.78 is 5.55. The fourth-order valence-corrected chi connectivity index (χ4v) is 2.65. The van der Waals surface area contributed by atoms with Crippen LogP contribution in [0.3, 0.4) is 0 Å². The van der Waals surface area contributed by atoms with E-state index in [0.29, 0.717) is 16.3 Å².